The third-order valence-electron chi connectivity index (χ3n) is 2.57. The molecule has 0 amide bonds. The Kier molecular flexibility index (Phi) is 2.89. The fourth-order valence-electron chi connectivity index (χ4n) is 1.64. The van der Waals surface area contributed by atoms with Gasteiger partial charge in [-0.1, -0.05) is 11.6 Å². The second-order valence-electron chi connectivity index (χ2n) is 3.83. The fourth-order valence-corrected chi connectivity index (χ4v) is 2.48. The van der Waals surface area contributed by atoms with Crippen LogP contribution in [0.3, 0.4) is 0 Å². The van der Waals surface area contributed by atoms with E-state index in [1.807, 2.05) is 36.6 Å². The maximum absolute atomic E-state index is 5.98. The van der Waals surface area contributed by atoms with Crippen molar-refractivity contribution in [2.75, 3.05) is 0 Å². The zero-order valence-electron chi connectivity index (χ0n) is 9.55. The molecule has 18 heavy (non-hydrogen) atoms. The van der Waals surface area contributed by atoms with Gasteiger partial charge in [0.25, 0.3) is 0 Å². The quantitative estimate of drug-likeness (QED) is 0.694. The molecule has 0 atom stereocenters. The number of benzene rings is 1. The number of ether oxygens (including phenoxy) is 1. The Morgan fingerprint density at radius 3 is 2.94 bits per heavy atom. The molecule has 0 fully saturated rings. The molecule has 0 aliphatic carbocycles. The van der Waals surface area contributed by atoms with Crippen molar-refractivity contribution in [2.24, 2.45) is 0 Å². The molecule has 0 aliphatic rings. The molecule has 0 saturated carbocycles. The van der Waals surface area contributed by atoms with E-state index in [1.165, 1.54) is 6.33 Å². The number of aromatic nitrogens is 2. The van der Waals surface area contributed by atoms with Crippen LogP contribution >= 0.6 is 22.9 Å². The van der Waals surface area contributed by atoms with Crippen molar-refractivity contribution in [1.82, 2.24) is 9.97 Å². The second kappa shape index (κ2) is 4.55. The van der Waals surface area contributed by atoms with Crippen LogP contribution in [0.1, 0.15) is 5.56 Å². The number of thiophene rings is 1. The topological polar surface area (TPSA) is 35.0 Å². The summed E-state index contributed by atoms with van der Waals surface area (Å²) in [4.78, 5) is 9.27. The van der Waals surface area contributed by atoms with Gasteiger partial charge in [0.15, 0.2) is 0 Å². The molecule has 90 valence electrons. The van der Waals surface area contributed by atoms with Crippen LogP contribution < -0.4 is 4.74 Å². The summed E-state index contributed by atoms with van der Waals surface area (Å²) in [6, 6.07) is 7.49. The Labute approximate surface area is 113 Å². The maximum atomic E-state index is 5.98. The van der Waals surface area contributed by atoms with Gasteiger partial charge < -0.3 is 4.74 Å². The first-order valence-electron chi connectivity index (χ1n) is 5.36. The van der Waals surface area contributed by atoms with E-state index in [0.717, 1.165) is 26.6 Å². The Balaban J connectivity index is 2.01. The summed E-state index contributed by atoms with van der Waals surface area (Å²) in [5.74, 6) is 1.30. The van der Waals surface area contributed by atoms with Gasteiger partial charge in [0.2, 0.25) is 5.88 Å². The molecule has 3 nitrogen and oxygen atoms in total. The summed E-state index contributed by atoms with van der Waals surface area (Å²) in [6.45, 7) is 1.94. The van der Waals surface area contributed by atoms with Crippen molar-refractivity contribution in [1.29, 1.82) is 0 Å². The fraction of sp³-hybridized carbons (Fsp3) is 0.0769. The maximum Gasteiger partial charge on any atom is 0.231 e. The molecular formula is C13H9ClN2OS. The molecular weight excluding hydrogens is 268 g/mol. The Morgan fingerprint density at radius 2 is 2.11 bits per heavy atom. The number of nitrogens with zero attached hydrogens (tertiary/aromatic N) is 2. The van der Waals surface area contributed by atoms with Crippen LogP contribution in [0.25, 0.3) is 10.2 Å². The summed E-state index contributed by atoms with van der Waals surface area (Å²) in [5, 5.41) is 3.63. The zero-order valence-corrected chi connectivity index (χ0v) is 11.1. The van der Waals surface area contributed by atoms with Crippen molar-refractivity contribution in [3.05, 3.63) is 46.6 Å². The number of hydrogen-bond donors (Lipinski definition) is 0. The molecule has 0 aliphatic heterocycles. The molecule has 0 N–H and O–H groups in total. The first-order chi connectivity index (χ1) is 8.74. The summed E-state index contributed by atoms with van der Waals surface area (Å²) in [5.41, 5.74) is 0.977. The van der Waals surface area contributed by atoms with Crippen molar-refractivity contribution < 1.29 is 4.74 Å². The predicted molar refractivity (Wildman–Crippen MR) is 73.7 cm³/mol. The van der Waals surface area contributed by atoms with Crippen molar-refractivity contribution in [3.8, 4) is 11.6 Å². The minimum atomic E-state index is 0.572. The van der Waals surface area contributed by atoms with Gasteiger partial charge in [-0.2, -0.15) is 0 Å². The molecule has 0 saturated heterocycles. The minimum Gasteiger partial charge on any atom is -0.438 e. The van der Waals surface area contributed by atoms with Gasteiger partial charge in [-0.05, 0) is 42.1 Å². The molecule has 0 radical (unpaired) electrons. The molecule has 0 spiro atoms. The van der Waals surface area contributed by atoms with E-state index in [-0.39, 0.29) is 0 Å². The highest BCUT2D eigenvalue weighted by molar-refractivity contribution is 7.16. The number of rotatable bonds is 2. The summed E-state index contributed by atoms with van der Waals surface area (Å²) in [6.07, 6.45) is 1.51. The SMILES string of the molecule is Cc1cc(Oc2ncnc3sccc23)ccc1Cl. The van der Waals surface area contributed by atoms with Crippen LogP contribution in [-0.4, -0.2) is 9.97 Å². The molecule has 1 aromatic carbocycles. The Hall–Kier alpha value is -1.65. The predicted octanol–water partition coefficient (Wildman–Crippen LogP) is 4.45. The van der Waals surface area contributed by atoms with E-state index in [2.05, 4.69) is 9.97 Å². The van der Waals surface area contributed by atoms with Crippen molar-refractivity contribution in [3.63, 3.8) is 0 Å². The number of fused-ring (bicyclic) bond motifs is 1. The summed E-state index contributed by atoms with van der Waals surface area (Å²) < 4.78 is 5.78. The Bertz CT molecular complexity index is 711. The van der Waals surface area contributed by atoms with Crippen LogP contribution in [0, 0.1) is 6.92 Å². The van der Waals surface area contributed by atoms with Gasteiger partial charge in [-0.15, -0.1) is 11.3 Å². The normalized spacial score (nSPS) is 10.8. The van der Waals surface area contributed by atoms with Crippen LogP contribution in [0.5, 0.6) is 11.6 Å². The average molecular weight is 277 g/mol. The molecule has 3 aromatic rings. The van der Waals surface area contributed by atoms with E-state index in [4.69, 9.17) is 16.3 Å². The van der Waals surface area contributed by atoms with Crippen LogP contribution in [-0.2, 0) is 0 Å². The third-order valence-corrected chi connectivity index (χ3v) is 3.81. The number of halogens is 1. The lowest BCUT2D eigenvalue weighted by atomic mass is 10.2. The molecule has 5 heteroatoms. The van der Waals surface area contributed by atoms with Gasteiger partial charge >= 0.3 is 0 Å². The van der Waals surface area contributed by atoms with E-state index in [9.17, 15) is 0 Å². The first-order valence-corrected chi connectivity index (χ1v) is 6.62. The largest absolute Gasteiger partial charge is 0.438 e. The van der Waals surface area contributed by atoms with Crippen LogP contribution in [0.4, 0.5) is 0 Å². The third kappa shape index (κ3) is 2.05. The van der Waals surface area contributed by atoms with Crippen LogP contribution in [0.15, 0.2) is 36.0 Å². The summed E-state index contributed by atoms with van der Waals surface area (Å²) in [7, 11) is 0. The zero-order chi connectivity index (χ0) is 12.5. The molecule has 0 unspecified atom stereocenters. The minimum absolute atomic E-state index is 0.572. The highest BCUT2D eigenvalue weighted by atomic mass is 35.5. The summed E-state index contributed by atoms with van der Waals surface area (Å²) >= 11 is 7.55. The molecule has 2 aromatic heterocycles. The van der Waals surface area contributed by atoms with E-state index in [1.54, 1.807) is 11.3 Å². The van der Waals surface area contributed by atoms with Gasteiger partial charge in [0, 0.05) is 5.02 Å². The molecule has 0 bridgehead atoms. The lowest BCUT2D eigenvalue weighted by Gasteiger charge is -2.06. The second-order valence-corrected chi connectivity index (χ2v) is 5.13. The lowest BCUT2D eigenvalue weighted by Crippen LogP contribution is -1.90. The highest BCUT2D eigenvalue weighted by Gasteiger charge is 2.07. The Morgan fingerprint density at radius 1 is 1.22 bits per heavy atom. The number of hydrogen-bond acceptors (Lipinski definition) is 4. The standard InChI is InChI=1S/C13H9ClN2OS/c1-8-6-9(2-3-11(8)14)17-12-10-4-5-18-13(10)16-7-15-12/h2-7H,1H3. The van der Waals surface area contributed by atoms with Gasteiger partial charge in [0.1, 0.15) is 16.9 Å². The highest BCUT2D eigenvalue weighted by Crippen LogP contribution is 2.30. The van der Waals surface area contributed by atoms with E-state index >= 15 is 0 Å². The van der Waals surface area contributed by atoms with Crippen molar-refractivity contribution >= 4 is 33.2 Å². The monoisotopic (exact) mass is 276 g/mol. The van der Waals surface area contributed by atoms with Gasteiger partial charge in [-0.3, -0.25) is 0 Å². The lowest BCUT2D eigenvalue weighted by molar-refractivity contribution is 0.468. The molecule has 2 heterocycles. The number of aryl methyl sites for hydroxylation is 1. The average Bonchev–Trinajstić information content (AvgIpc) is 2.83. The molecule has 3 rings (SSSR count). The van der Waals surface area contributed by atoms with Gasteiger partial charge in [0.05, 0.1) is 5.39 Å². The van der Waals surface area contributed by atoms with E-state index in [0.29, 0.717) is 5.88 Å². The first kappa shape index (κ1) is 11.4. The smallest absolute Gasteiger partial charge is 0.231 e. The van der Waals surface area contributed by atoms with Gasteiger partial charge in [-0.25, -0.2) is 9.97 Å². The van der Waals surface area contributed by atoms with Crippen LogP contribution in [0.2, 0.25) is 5.02 Å². The van der Waals surface area contributed by atoms with Crippen molar-refractivity contribution in [2.45, 2.75) is 6.92 Å². The van der Waals surface area contributed by atoms with E-state index < -0.39 is 0 Å².